The number of anilines is 3. The van der Waals surface area contributed by atoms with Gasteiger partial charge in [-0.05, 0) is 82.7 Å². The van der Waals surface area contributed by atoms with Crippen molar-refractivity contribution in [1.29, 1.82) is 0 Å². The Morgan fingerprint density at radius 3 is 2.48 bits per heavy atom. The Labute approximate surface area is 277 Å². The maximum atomic E-state index is 14.0. The van der Waals surface area contributed by atoms with Gasteiger partial charge in [-0.1, -0.05) is 41.9 Å². The molecule has 0 aliphatic heterocycles. The number of H-pyrrole nitrogens is 1. The maximum Gasteiger partial charge on any atom is 0.417 e. The standard InChI is InChI=1S/C33H26ClN9O5/c34-23-8-13-29(42-20-36-40-41-42)28(18-23)39-43(31(45)19-44)30(32(46)37-25-11-12-27-22(17-25)14-15-35-27)16-21-6-9-24(10-7-21)38-33(47)48-26-4-2-1-3-5-26/h1-15,17-20,30,35,39H,16H2,(H,37,46)(H,38,47). The van der Waals surface area contributed by atoms with E-state index >= 15 is 0 Å². The number of ether oxygens (including phenoxy) is 1. The molecule has 6 rings (SSSR count). The SMILES string of the molecule is O=CC(=O)N(Nc1cc(Cl)ccc1-n1cnnn1)C(Cc1ccc(NC(=O)Oc2ccccc2)cc1)C(=O)Nc1ccc2[nH]ccc2c1. The normalized spacial score (nSPS) is 11.4. The van der Waals surface area contributed by atoms with E-state index in [1.807, 2.05) is 12.1 Å². The summed E-state index contributed by atoms with van der Waals surface area (Å²) in [5.41, 5.74) is 5.94. The number of rotatable bonds is 11. The number of hydrogen-bond donors (Lipinski definition) is 4. The summed E-state index contributed by atoms with van der Waals surface area (Å²) < 4.78 is 6.61. The third-order valence-electron chi connectivity index (χ3n) is 7.15. The summed E-state index contributed by atoms with van der Waals surface area (Å²) in [7, 11) is 0. The second kappa shape index (κ2) is 14.3. The average molecular weight is 664 g/mol. The van der Waals surface area contributed by atoms with Crippen molar-refractivity contribution in [2.24, 2.45) is 0 Å². The first-order valence-electron chi connectivity index (χ1n) is 14.4. The van der Waals surface area contributed by atoms with E-state index in [4.69, 9.17) is 16.3 Å². The molecule has 0 spiro atoms. The van der Waals surface area contributed by atoms with Gasteiger partial charge in [0.05, 0.1) is 11.4 Å². The van der Waals surface area contributed by atoms with Gasteiger partial charge in [-0.2, -0.15) is 4.68 Å². The molecule has 0 saturated carbocycles. The number of nitrogens with one attached hydrogen (secondary N) is 4. The molecule has 1 atom stereocenters. The quantitative estimate of drug-likeness (QED) is 0.0843. The topological polar surface area (TPSA) is 176 Å². The number of tetrazole rings is 1. The number of carbonyl (C=O) groups is 4. The van der Waals surface area contributed by atoms with Crippen LogP contribution in [-0.2, 0) is 20.8 Å². The number of para-hydroxylation sites is 1. The smallest absolute Gasteiger partial charge is 0.410 e. The Kier molecular flexibility index (Phi) is 9.34. The van der Waals surface area contributed by atoms with Crippen LogP contribution in [0.5, 0.6) is 5.75 Å². The van der Waals surface area contributed by atoms with Gasteiger partial charge >= 0.3 is 12.0 Å². The molecule has 0 fully saturated rings. The highest BCUT2D eigenvalue weighted by Crippen LogP contribution is 2.26. The number of nitrogens with zero attached hydrogens (tertiary/aromatic N) is 5. The van der Waals surface area contributed by atoms with Gasteiger partial charge in [0.1, 0.15) is 18.1 Å². The zero-order chi connectivity index (χ0) is 33.5. The molecule has 6 aromatic rings. The summed E-state index contributed by atoms with van der Waals surface area (Å²) >= 11 is 6.29. The van der Waals surface area contributed by atoms with Crippen molar-refractivity contribution in [3.05, 3.63) is 120 Å². The first-order chi connectivity index (χ1) is 23.4. The molecule has 0 bridgehead atoms. The number of amides is 3. The summed E-state index contributed by atoms with van der Waals surface area (Å²) in [4.78, 5) is 54.7. The Balaban J connectivity index is 1.29. The molecular formula is C33H26ClN9O5. The number of aromatic nitrogens is 5. The predicted octanol–water partition coefficient (Wildman–Crippen LogP) is 5.01. The number of fused-ring (bicyclic) bond motifs is 1. The lowest BCUT2D eigenvalue weighted by Crippen LogP contribution is -2.52. The van der Waals surface area contributed by atoms with Crippen molar-refractivity contribution in [3.63, 3.8) is 0 Å². The fourth-order valence-electron chi connectivity index (χ4n) is 4.89. The molecule has 4 aromatic carbocycles. The van der Waals surface area contributed by atoms with Crippen LogP contribution in [0.2, 0.25) is 5.02 Å². The van der Waals surface area contributed by atoms with Gasteiger partial charge in [0, 0.05) is 39.9 Å². The Hall–Kier alpha value is -6.54. The van der Waals surface area contributed by atoms with E-state index in [-0.39, 0.29) is 18.4 Å². The minimum atomic E-state index is -1.27. The largest absolute Gasteiger partial charge is 0.417 e. The molecular weight excluding hydrogens is 638 g/mol. The number of aromatic amines is 1. The number of halogens is 1. The molecule has 0 saturated heterocycles. The van der Waals surface area contributed by atoms with E-state index < -0.39 is 23.9 Å². The number of hydrogen-bond acceptors (Lipinski definition) is 9. The van der Waals surface area contributed by atoms with E-state index in [0.29, 0.717) is 33.4 Å². The highest BCUT2D eigenvalue weighted by atomic mass is 35.5. The van der Waals surface area contributed by atoms with Gasteiger partial charge < -0.3 is 15.0 Å². The Morgan fingerprint density at radius 2 is 1.73 bits per heavy atom. The van der Waals surface area contributed by atoms with Crippen LogP contribution in [-0.4, -0.2) is 60.4 Å². The summed E-state index contributed by atoms with van der Waals surface area (Å²) in [5.74, 6) is -1.24. The van der Waals surface area contributed by atoms with E-state index in [2.05, 4.69) is 36.6 Å². The monoisotopic (exact) mass is 663 g/mol. The molecule has 1 unspecified atom stereocenters. The van der Waals surface area contributed by atoms with E-state index in [0.717, 1.165) is 15.9 Å². The lowest BCUT2D eigenvalue weighted by molar-refractivity contribution is -0.141. The highest BCUT2D eigenvalue weighted by molar-refractivity contribution is 6.31. The fraction of sp³-hybridized carbons (Fsp3) is 0.0606. The number of carbonyl (C=O) groups excluding carboxylic acids is 4. The Morgan fingerprint density at radius 1 is 0.938 bits per heavy atom. The van der Waals surface area contributed by atoms with Crippen molar-refractivity contribution in [1.82, 2.24) is 30.2 Å². The number of aldehydes is 1. The van der Waals surface area contributed by atoms with E-state index in [1.54, 1.807) is 85.1 Å². The second-order valence-corrected chi connectivity index (χ2v) is 10.8. The van der Waals surface area contributed by atoms with Crippen LogP contribution in [0.1, 0.15) is 5.56 Å². The van der Waals surface area contributed by atoms with Gasteiger partial charge in [0.2, 0.25) is 12.2 Å². The second-order valence-electron chi connectivity index (χ2n) is 10.4. The van der Waals surface area contributed by atoms with Crippen LogP contribution in [0.4, 0.5) is 21.9 Å². The van der Waals surface area contributed by atoms with Crippen LogP contribution < -0.4 is 20.8 Å². The molecule has 3 amide bonds. The molecule has 4 N–H and O–H groups in total. The van der Waals surface area contributed by atoms with Gasteiger partial charge in [0.15, 0.2) is 0 Å². The van der Waals surface area contributed by atoms with Gasteiger partial charge in [-0.25, -0.2) is 9.80 Å². The first-order valence-corrected chi connectivity index (χ1v) is 14.8. The van der Waals surface area contributed by atoms with Crippen molar-refractivity contribution in [2.45, 2.75) is 12.5 Å². The summed E-state index contributed by atoms with van der Waals surface area (Å²) in [6, 6.07) is 25.8. The van der Waals surface area contributed by atoms with Crippen molar-refractivity contribution in [3.8, 4) is 11.4 Å². The molecule has 2 aromatic heterocycles. The van der Waals surface area contributed by atoms with Crippen LogP contribution in [0.25, 0.3) is 16.6 Å². The van der Waals surface area contributed by atoms with Crippen molar-refractivity contribution in [2.75, 3.05) is 16.1 Å². The molecule has 0 aliphatic rings. The zero-order valence-corrected chi connectivity index (χ0v) is 25.7. The molecule has 48 heavy (non-hydrogen) atoms. The summed E-state index contributed by atoms with van der Waals surface area (Å²) in [6.45, 7) is 0. The van der Waals surface area contributed by atoms with Gasteiger partial charge in [-0.3, -0.25) is 25.1 Å². The number of benzene rings is 4. The molecule has 240 valence electrons. The van der Waals surface area contributed by atoms with E-state index in [9.17, 15) is 19.2 Å². The highest BCUT2D eigenvalue weighted by Gasteiger charge is 2.32. The average Bonchev–Trinajstić information content (AvgIpc) is 3.80. The minimum absolute atomic E-state index is 0.0413. The third-order valence-corrected chi connectivity index (χ3v) is 7.39. The van der Waals surface area contributed by atoms with Crippen LogP contribution >= 0.6 is 11.6 Å². The number of hydrazine groups is 1. The fourth-order valence-corrected chi connectivity index (χ4v) is 5.06. The maximum absolute atomic E-state index is 14.0. The van der Waals surface area contributed by atoms with Gasteiger partial charge in [0.25, 0.3) is 0 Å². The van der Waals surface area contributed by atoms with Crippen LogP contribution in [0, 0.1) is 0 Å². The minimum Gasteiger partial charge on any atom is -0.410 e. The van der Waals surface area contributed by atoms with Crippen molar-refractivity contribution >= 4 is 63.8 Å². The molecule has 0 aliphatic carbocycles. The Bertz CT molecular complexity index is 2070. The lowest BCUT2D eigenvalue weighted by atomic mass is 10.0. The first kappa shape index (κ1) is 31.4. The van der Waals surface area contributed by atoms with Crippen LogP contribution in [0.3, 0.4) is 0 Å². The third kappa shape index (κ3) is 7.46. The van der Waals surface area contributed by atoms with E-state index in [1.165, 1.54) is 17.1 Å². The van der Waals surface area contributed by atoms with Gasteiger partial charge in [-0.15, -0.1) is 5.10 Å². The molecule has 2 heterocycles. The predicted molar refractivity (Wildman–Crippen MR) is 178 cm³/mol. The van der Waals surface area contributed by atoms with Crippen molar-refractivity contribution < 1.29 is 23.9 Å². The molecule has 15 heteroatoms. The lowest BCUT2D eigenvalue weighted by Gasteiger charge is -2.31. The summed E-state index contributed by atoms with van der Waals surface area (Å²) in [6.07, 6.45) is 2.50. The summed E-state index contributed by atoms with van der Waals surface area (Å²) in [5, 5.41) is 18.8. The van der Waals surface area contributed by atoms with Crippen LogP contribution in [0.15, 0.2) is 110 Å². The molecule has 0 radical (unpaired) electrons. The molecule has 14 nitrogen and oxygen atoms in total. The zero-order valence-electron chi connectivity index (χ0n) is 24.9.